The standard InChI is InChI=1S/C24H30N5O3/c1-3-32-24-26-16(2)20(21(27-24)22(25)30)23(31)29-14-18-12-28(13-19(18)15-29)11-7-10-17-8-5-4-6-9-17/h4-6,8-10,18-19H,3,7,11-15H2,1-2H3,(H2,25,30)/t18-,19?/m0/s1. The van der Waals surface area contributed by atoms with Crippen LogP contribution in [-0.4, -0.2) is 70.9 Å². The van der Waals surface area contributed by atoms with E-state index in [2.05, 4.69) is 45.6 Å². The monoisotopic (exact) mass is 436 g/mol. The normalized spacial score (nSPS) is 20.4. The number of hydrogen-bond donors (Lipinski definition) is 1. The first kappa shape index (κ1) is 22.2. The van der Waals surface area contributed by atoms with E-state index in [4.69, 9.17) is 10.5 Å². The zero-order chi connectivity index (χ0) is 22.7. The van der Waals surface area contributed by atoms with Gasteiger partial charge in [0.1, 0.15) is 5.69 Å². The van der Waals surface area contributed by atoms with Crippen molar-refractivity contribution in [1.82, 2.24) is 19.8 Å². The van der Waals surface area contributed by atoms with Gasteiger partial charge in [-0.25, -0.2) is 0 Å². The Kier molecular flexibility index (Phi) is 6.69. The first-order valence-corrected chi connectivity index (χ1v) is 11.2. The molecule has 169 valence electrons. The lowest BCUT2D eigenvalue weighted by Crippen LogP contribution is -2.35. The number of aromatic nitrogens is 2. The summed E-state index contributed by atoms with van der Waals surface area (Å²) in [5, 5.41) is 0. The van der Waals surface area contributed by atoms with E-state index in [-0.39, 0.29) is 23.2 Å². The van der Waals surface area contributed by atoms with E-state index < -0.39 is 5.91 Å². The summed E-state index contributed by atoms with van der Waals surface area (Å²) in [6, 6.07) is 10.4. The van der Waals surface area contributed by atoms with Crippen molar-refractivity contribution in [3.8, 4) is 6.01 Å². The quantitative estimate of drug-likeness (QED) is 0.679. The molecule has 0 saturated carbocycles. The van der Waals surface area contributed by atoms with E-state index in [0.29, 0.717) is 37.2 Å². The maximum Gasteiger partial charge on any atom is 0.317 e. The van der Waals surface area contributed by atoms with Crippen molar-refractivity contribution in [3.05, 3.63) is 59.3 Å². The number of carbonyl (C=O) groups excluding carboxylic acids is 2. The fourth-order valence-corrected chi connectivity index (χ4v) is 4.77. The van der Waals surface area contributed by atoms with Crippen molar-refractivity contribution in [2.24, 2.45) is 17.6 Å². The topological polar surface area (TPSA) is 102 Å². The van der Waals surface area contributed by atoms with Crippen LogP contribution < -0.4 is 10.5 Å². The van der Waals surface area contributed by atoms with Gasteiger partial charge in [-0.2, -0.15) is 9.97 Å². The molecule has 1 unspecified atom stereocenters. The van der Waals surface area contributed by atoms with Gasteiger partial charge in [0.15, 0.2) is 0 Å². The summed E-state index contributed by atoms with van der Waals surface area (Å²) >= 11 is 0. The molecular formula is C24H30N5O3. The highest BCUT2D eigenvalue weighted by molar-refractivity contribution is 6.06. The Labute approximate surface area is 188 Å². The molecule has 2 aliphatic rings. The summed E-state index contributed by atoms with van der Waals surface area (Å²) in [6.45, 7) is 8.19. The lowest BCUT2D eigenvalue weighted by Gasteiger charge is -2.22. The number of likely N-dealkylation sites (tertiary alicyclic amines) is 2. The molecule has 2 saturated heterocycles. The number of fused-ring (bicyclic) bond motifs is 1. The summed E-state index contributed by atoms with van der Waals surface area (Å²) < 4.78 is 5.31. The molecule has 2 aromatic rings. The van der Waals surface area contributed by atoms with E-state index in [9.17, 15) is 9.59 Å². The highest BCUT2D eigenvalue weighted by atomic mass is 16.5. The van der Waals surface area contributed by atoms with Gasteiger partial charge in [0.2, 0.25) is 0 Å². The first-order chi connectivity index (χ1) is 15.5. The predicted molar refractivity (Wildman–Crippen MR) is 120 cm³/mol. The number of benzene rings is 1. The minimum atomic E-state index is -0.750. The minimum absolute atomic E-state index is 0.0663. The number of ether oxygens (including phenoxy) is 1. The Balaban J connectivity index is 1.36. The molecule has 1 radical (unpaired) electrons. The Bertz CT molecular complexity index is 967. The second-order valence-electron chi connectivity index (χ2n) is 8.51. The number of amides is 2. The molecule has 2 aliphatic heterocycles. The van der Waals surface area contributed by atoms with E-state index >= 15 is 0 Å². The van der Waals surface area contributed by atoms with Gasteiger partial charge >= 0.3 is 6.01 Å². The van der Waals surface area contributed by atoms with Crippen LogP contribution in [0.4, 0.5) is 0 Å². The number of aryl methyl sites for hydroxylation is 1. The molecular weight excluding hydrogens is 406 g/mol. The molecule has 8 nitrogen and oxygen atoms in total. The smallest absolute Gasteiger partial charge is 0.317 e. The molecule has 2 atom stereocenters. The van der Waals surface area contributed by atoms with Crippen molar-refractivity contribution in [3.63, 3.8) is 0 Å². The van der Waals surface area contributed by atoms with Crippen LogP contribution in [0.2, 0.25) is 0 Å². The molecule has 2 N–H and O–H groups in total. The first-order valence-electron chi connectivity index (χ1n) is 11.2. The minimum Gasteiger partial charge on any atom is -0.464 e. The van der Waals surface area contributed by atoms with E-state index in [0.717, 1.165) is 26.1 Å². The van der Waals surface area contributed by atoms with Crippen molar-refractivity contribution in [1.29, 1.82) is 0 Å². The number of primary amides is 1. The zero-order valence-corrected chi connectivity index (χ0v) is 18.7. The molecule has 0 aliphatic carbocycles. The molecule has 4 rings (SSSR count). The van der Waals surface area contributed by atoms with Crippen LogP contribution in [0.3, 0.4) is 0 Å². The van der Waals surface area contributed by atoms with Crippen LogP contribution in [0.5, 0.6) is 6.01 Å². The third-order valence-electron chi connectivity index (χ3n) is 6.26. The Morgan fingerprint density at radius 1 is 1.12 bits per heavy atom. The number of rotatable bonds is 8. The maximum absolute atomic E-state index is 13.3. The summed E-state index contributed by atoms with van der Waals surface area (Å²) in [4.78, 5) is 37.9. The zero-order valence-electron chi connectivity index (χ0n) is 18.7. The highest BCUT2D eigenvalue weighted by Crippen LogP contribution is 2.32. The Morgan fingerprint density at radius 3 is 2.44 bits per heavy atom. The van der Waals surface area contributed by atoms with Crippen molar-refractivity contribution < 1.29 is 14.3 Å². The molecule has 1 aromatic heterocycles. The van der Waals surface area contributed by atoms with Crippen LogP contribution in [0.1, 0.15) is 45.4 Å². The van der Waals surface area contributed by atoms with Gasteiger partial charge < -0.3 is 20.3 Å². The van der Waals surface area contributed by atoms with Gasteiger partial charge in [0, 0.05) is 26.2 Å². The largest absolute Gasteiger partial charge is 0.464 e. The summed E-state index contributed by atoms with van der Waals surface area (Å²) in [6.07, 6.45) is 3.28. The molecule has 0 spiro atoms. The van der Waals surface area contributed by atoms with Crippen molar-refractivity contribution in [2.45, 2.75) is 20.3 Å². The van der Waals surface area contributed by atoms with Gasteiger partial charge in [0.25, 0.3) is 11.8 Å². The van der Waals surface area contributed by atoms with Gasteiger partial charge in [-0.05, 0) is 50.6 Å². The van der Waals surface area contributed by atoms with E-state index in [1.54, 1.807) is 13.8 Å². The number of nitrogens with zero attached hydrogens (tertiary/aromatic N) is 4. The van der Waals surface area contributed by atoms with E-state index in [1.807, 2.05) is 11.0 Å². The fourth-order valence-electron chi connectivity index (χ4n) is 4.77. The summed E-state index contributed by atoms with van der Waals surface area (Å²) in [7, 11) is 0. The molecule has 3 heterocycles. The van der Waals surface area contributed by atoms with Gasteiger partial charge in [-0.1, -0.05) is 30.3 Å². The van der Waals surface area contributed by atoms with Crippen LogP contribution in [-0.2, 0) is 0 Å². The lowest BCUT2D eigenvalue weighted by molar-refractivity contribution is 0.0766. The maximum atomic E-state index is 13.3. The third kappa shape index (κ3) is 4.75. The average Bonchev–Trinajstić information content (AvgIpc) is 3.33. The van der Waals surface area contributed by atoms with Crippen molar-refractivity contribution >= 4 is 11.8 Å². The second-order valence-corrected chi connectivity index (χ2v) is 8.51. The SMILES string of the molecule is CCOc1nc(C)c(C(=O)N2CC3CN(CC[CH]c4ccccc4)C[C@H]3C2)c(C(N)=O)n1. The third-order valence-corrected chi connectivity index (χ3v) is 6.26. The summed E-state index contributed by atoms with van der Waals surface area (Å²) in [5.74, 6) is -0.0917. The number of nitrogens with two attached hydrogens (primary N) is 1. The Morgan fingerprint density at radius 2 is 1.81 bits per heavy atom. The molecule has 2 amide bonds. The van der Waals surface area contributed by atoms with Crippen LogP contribution in [0.25, 0.3) is 0 Å². The molecule has 32 heavy (non-hydrogen) atoms. The number of carbonyl (C=O) groups is 2. The van der Waals surface area contributed by atoms with Gasteiger partial charge in [-0.3, -0.25) is 9.59 Å². The molecule has 8 heteroatoms. The summed E-state index contributed by atoms with van der Waals surface area (Å²) in [5.41, 5.74) is 7.31. The van der Waals surface area contributed by atoms with Crippen molar-refractivity contribution in [2.75, 3.05) is 39.3 Å². The van der Waals surface area contributed by atoms with Gasteiger partial charge in [0.05, 0.1) is 17.9 Å². The molecule has 1 aromatic carbocycles. The molecule has 0 bridgehead atoms. The molecule has 2 fully saturated rings. The van der Waals surface area contributed by atoms with Crippen LogP contribution in [0.15, 0.2) is 30.3 Å². The second kappa shape index (κ2) is 9.65. The van der Waals surface area contributed by atoms with Crippen LogP contribution in [0, 0.1) is 25.2 Å². The fraction of sp³-hybridized carbons (Fsp3) is 0.458. The number of hydrogen-bond acceptors (Lipinski definition) is 6. The van der Waals surface area contributed by atoms with Gasteiger partial charge in [-0.15, -0.1) is 0 Å². The average molecular weight is 437 g/mol. The predicted octanol–water partition coefficient (Wildman–Crippen LogP) is 1.93. The lowest BCUT2D eigenvalue weighted by atomic mass is 10.0. The Hall–Kier alpha value is -3.00. The van der Waals surface area contributed by atoms with Crippen LogP contribution >= 0.6 is 0 Å². The van der Waals surface area contributed by atoms with E-state index in [1.165, 1.54) is 5.56 Å². The highest BCUT2D eigenvalue weighted by Gasteiger charge is 2.42.